The van der Waals surface area contributed by atoms with Gasteiger partial charge >= 0.3 is 5.97 Å². The maximum Gasteiger partial charge on any atom is 0.361 e. The van der Waals surface area contributed by atoms with E-state index < -0.39 is 23.9 Å². The Morgan fingerprint density at radius 1 is 1.20 bits per heavy atom. The van der Waals surface area contributed by atoms with Crippen LogP contribution in [0.25, 0.3) is 0 Å². The van der Waals surface area contributed by atoms with Crippen molar-refractivity contribution in [2.45, 2.75) is 32.0 Å². The van der Waals surface area contributed by atoms with Crippen LogP contribution in [0.4, 0.5) is 0 Å². The third kappa shape index (κ3) is 1.98. The summed E-state index contributed by atoms with van der Waals surface area (Å²) in [4.78, 5) is 40.8. The first-order chi connectivity index (χ1) is 9.58. The van der Waals surface area contributed by atoms with E-state index in [1.807, 2.05) is 6.92 Å². The fraction of sp³-hybridized carbons (Fsp3) is 0.357. The smallest absolute Gasteiger partial charge is 0.361 e. The molecule has 1 aromatic rings. The SMILES string of the molecule is C[C@@H]1CC[C@H](C(=O)ON2C(=O)c3ccccc3C2=O)O1. The van der Waals surface area contributed by atoms with Gasteiger partial charge in [-0.1, -0.05) is 17.2 Å². The normalized spacial score (nSPS) is 24.9. The summed E-state index contributed by atoms with van der Waals surface area (Å²) >= 11 is 0. The molecule has 2 aliphatic rings. The Kier molecular flexibility index (Phi) is 3.02. The highest BCUT2D eigenvalue weighted by molar-refractivity contribution is 6.20. The number of benzene rings is 1. The molecule has 0 spiro atoms. The predicted molar refractivity (Wildman–Crippen MR) is 66.6 cm³/mol. The van der Waals surface area contributed by atoms with E-state index in [4.69, 9.17) is 9.57 Å². The molecule has 0 unspecified atom stereocenters. The first-order valence-corrected chi connectivity index (χ1v) is 6.43. The van der Waals surface area contributed by atoms with Gasteiger partial charge in [0.2, 0.25) is 0 Å². The zero-order valence-electron chi connectivity index (χ0n) is 10.9. The minimum absolute atomic E-state index is 0.0188. The second kappa shape index (κ2) is 4.72. The van der Waals surface area contributed by atoms with E-state index in [0.717, 1.165) is 6.42 Å². The molecule has 6 heteroatoms. The van der Waals surface area contributed by atoms with Gasteiger partial charge in [-0.05, 0) is 31.9 Å². The number of hydrogen-bond acceptors (Lipinski definition) is 5. The number of carbonyl (C=O) groups excluding carboxylic acids is 3. The Labute approximate surface area is 115 Å². The van der Waals surface area contributed by atoms with Crippen LogP contribution in [0.5, 0.6) is 0 Å². The second-order valence-corrected chi connectivity index (χ2v) is 4.87. The van der Waals surface area contributed by atoms with E-state index in [1.54, 1.807) is 12.1 Å². The summed E-state index contributed by atoms with van der Waals surface area (Å²) in [5.41, 5.74) is 0.483. The summed E-state index contributed by atoms with van der Waals surface area (Å²) < 4.78 is 5.36. The lowest BCUT2D eigenvalue weighted by Crippen LogP contribution is -2.36. The third-order valence-corrected chi connectivity index (χ3v) is 3.43. The number of ether oxygens (including phenoxy) is 1. The van der Waals surface area contributed by atoms with E-state index in [0.29, 0.717) is 11.5 Å². The minimum Gasteiger partial charge on any atom is -0.363 e. The van der Waals surface area contributed by atoms with Crippen LogP contribution in [0.3, 0.4) is 0 Å². The van der Waals surface area contributed by atoms with Crippen molar-refractivity contribution in [2.24, 2.45) is 0 Å². The molecular weight excluding hydrogens is 262 g/mol. The summed E-state index contributed by atoms with van der Waals surface area (Å²) in [5, 5.41) is 0.513. The van der Waals surface area contributed by atoms with Crippen molar-refractivity contribution >= 4 is 17.8 Å². The molecule has 20 heavy (non-hydrogen) atoms. The van der Waals surface area contributed by atoms with Crippen LogP contribution in [0, 0.1) is 0 Å². The number of carbonyl (C=O) groups is 3. The average Bonchev–Trinajstić information content (AvgIpc) is 2.98. The van der Waals surface area contributed by atoms with Gasteiger partial charge in [-0.25, -0.2) is 4.79 Å². The van der Waals surface area contributed by atoms with Crippen molar-refractivity contribution in [3.63, 3.8) is 0 Å². The zero-order valence-corrected chi connectivity index (χ0v) is 10.9. The van der Waals surface area contributed by atoms with Crippen molar-refractivity contribution in [3.05, 3.63) is 35.4 Å². The number of hydroxylamine groups is 2. The molecule has 3 rings (SSSR count). The molecule has 2 atom stereocenters. The summed E-state index contributed by atoms with van der Waals surface area (Å²) in [6.45, 7) is 1.86. The first kappa shape index (κ1) is 12.8. The Balaban J connectivity index is 1.75. The van der Waals surface area contributed by atoms with Gasteiger partial charge in [0.25, 0.3) is 11.8 Å². The van der Waals surface area contributed by atoms with E-state index >= 15 is 0 Å². The Morgan fingerprint density at radius 3 is 2.30 bits per heavy atom. The number of rotatable bonds is 2. The number of amides is 2. The molecule has 1 saturated heterocycles. The average molecular weight is 275 g/mol. The highest BCUT2D eigenvalue weighted by atomic mass is 16.7. The lowest BCUT2D eigenvalue weighted by atomic mass is 10.1. The molecule has 0 radical (unpaired) electrons. The maximum atomic E-state index is 12.0. The maximum absolute atomic E-state index is 12.0. The predicted octanol–water partition coefficient (Wildman–Crippen LogP) is 1.31. The first-order valence-electron chi connectivity index (χ1n) is 6.43. The Hall–Kier alpha value is -2.21. The fourth-order valence-corrected chi connectivity index (χ4v) is 2.37. The van der Waals surface area contributed by atoms with Crippen LogP contribution in [0.1, 0.15) is 40.5 Å². The molecule has 1 fully saturated rings. The second-order valence-electron chi connectivity index (χ2n) is 4.87. The molecular formula is C14H13NO5. The van der Waals surface area contributed by atoms with Gasteiger partial charge in [0.15, 0.2) is 6.10 Å². The lowest BCUT2D eigenvalue weighted by Gasteiger charge is -2.15. The van der Waals surface area contributed by atoms with Gasteiger partial charge in [-0.3, -0.25) is 9.59 Å². The number of fused-ring (bicyclic) bond motifs is 1. The molecule has 2 heterocycles. The van der Waals surface area contributed by atoms with Crippen LogP contribution in [0.15, 0.2) is 24.3 Å². The van der Waals surface area contributed by atoms with Crippen molar-refractivity contribution in [1.82, 2.24) is 5.06 Å². The van der Waals surface area contributed by atoms with Gasteiger partial charge in [-0.15, -0.1) is 0 Å². The molecule has 0 aromatic heterocycles. The largest absolute Gasteiger partial charge is 0.363 e. The van der Waals surface area contributed by atoms with Gasteiger partial charge in [0, 0.05) is 0 Å². The van der Waals surface area contributed by atoms with Crippen molar-refractivity contribution in [3.8, 4) is 0 Å². The number of hydrogen-bond donors (Lipinski definition) is 0. The van der Waals surface area contributed by atoms with Gasteiger partial charge < -0.3 is 9.57 Å². The highest BCUT2D eigenvalue weighted by Crippen LogP contribution is 2.25. The zero-order chi connectivity index (χ0) is 14.3. The summed E-state index contributed by atoms with van der Waals surface area (Å²) in [6.07, 6.45) is 0.550. The molecule has 1 aromatic carbocycles. The number of imide groups is 1. The summed E-state index contributed by atoms with van der Waals surface area (Å²) in [5.74, 6) is -1.95. The molecule has 0 aliphatic carbocycles. The molecule has 104 valence electrons. The van der Waals surface area contributed by atoms with Crippen LogP contribution in [-0.2, 0) is 14.4 Å². The summed E-state index contributed by atoms with van der Waals surface area (Å²) in [7, 11) is 0. The minimum atomic E-state index is -0.714. The van der Waals surface area contributed by atoms with Crippen LogP contribution in [-0.4, -0.2) is 35.1 Å². The van der Waals surface area contributed by atoms with Gasteiger partial charge in [-0.2, -0.15) is 0 Å². The molecule has 0 saturated carbocycles. The van der Waals surface area contributed by atoms with Gasteiger partial charge in [0.05, 0.1) is 17.2 Å². The van der Waals surface area contributed by atoms with Crippen molar-refractivity contribution < 1.29 is 24.0 Å². The lowest BCUT2D eigenvalue weighted by molar-refractivity contribution is -0.180. The quantitative estimate of drug-likeness (QED) is 0.761. The van der Waals surface area contributed by atoms with Crippen LogP contribution in [0.2, 0.25) is 0 Å². The monoisotopic (exact) mass is 275 g/mol. The van der Waals surface area contributed by atoms with E-state index in [2.05, 4.69) is 0 Å². The molecule has 2 amide bonds. The van der Waals surface area contributed by atoms with E-state index in [1.165, 1.54) is 12.1 Å². The van der Waals surface area contributed by atoms with E-state index in [9.17, 15) is 14.4 Å². The summed E-state index contributed by atoms with van der Waals surface area (Å²) in [6, 6.07) is 6.35. The van der Waals surface area contributed by atoms with Crippen LogP contribution < -0.4 is 0 Å². The molecule has 6 nitrogen and oxygen atoms in total. The van der Waals surface area contributed by atoms with Crippen molar-refractivity contribution in [2.75, 3.05) is 0 Å². The molecule has 0 bridgehead atoms. The van der Waals surface area contributed by atoms with E-state index in [-0.39, 0.29) is 17.2 Å². The Bertz CT molecular complexity index is 562. The van der Waals surface area contributed by atoms with Gasteiger partial charge in [0.1, 0.15) is 0 Å². The molecule has 2 aliphatic heterocycles. The standard InChI is InChI=1S/C14H13NO5/c1-8-6-7-11(19-8)14(18)20-15-12(16)9-4-2-3-5-10(9)13(15)17/h2-5,8,11H,6-7H2,1H3/t8-,11-/m1/s1. The number of nitrogens with zero attached hydrogens (tertiary/aromatic N) is 1. The topological polar surface area (TPSA) is 72.9 Å². The highest BCUT2D eigenvalue weighted by Gasteiger charge is 2.40. The Morgan fingerprint density at radius 2 is 1.80 bits per heavy atom. The fourth-order valence-electron chi connectivity index (χ4n) is 2.37. The van der Waals surface area contributed by atoms with Crippen LogP contribution >= 0.6 is 0 Å². The molecule has 0 N–H and O–H groups in total. The van der Waals surface area contributed by atoms with Crippen molar-refractivity contribution in [1.29, 1.82) is 0 Å². The third-order valence-electron chi connectivity index (χ3n) is 3.43.